The molecule has 5 heteroatoms. The summed E-state index contributed by atoms with van der Waals surface area (Å²) in [6, 6.07) is 6.23. The smallest absolute Gasteiger partial charge is 0.410 e. The average Bonchev–Trinajstić information content (AvgIpc) is 2.93. The number of nitrogens with one attached hydrogen (secondary N) is 1. The number of H-pyrrole nitrogens is 1. The molecule has 2 aromatic heterocycles. The SMILES string of the molecule is CC(C)(C)OC(=O)N1CCC(c2ccc3cc[nH]c3n2)CC1. The van der Waals surface area contributed by atoms with Gasteiger partial charge in [0.1, 0.15) is 11.2 Å². The number of fused-ring (bicyclic) bond motifs is 1. The van der Waals surface area contributed by atoms with E-state index in [9.17, 15) is 4.79 Å². The predicted molar refractivity (Wildman–Crippen MR) is 85.9 cm³/mol. The fraction of sp³-hybridized carbons (Fsp3) is 0.529. The van der Waals surface area contributed by atoms with E-state index in [1.807, 2.05) is 33.0 Å². The van der Waals surface area contributed by atoms with Crippen LogP contribution in [0.1, 0.15) is 45.2 Å². The highest BCUT2D eigenvalue weighted by Gasteiger charge is 2.28. The number of carbonyl (C=O) groups is 1. The molecule has 1 aliphatic rings. The lowest BCUT2D eigenvalue weighted by Gasteiger charge is -2.33. The van der Waals surface area contributed by atoms with E-state index in [4.69, 9.17) is 9.72 Å². The van der Waals surface area contributed by atoms with Gasteiger partial charge in [0, 0.05) is 36.3 Å². The number of hydrogen-bond donors (Lipinski definition) is 1. The Balaban J connectivity index is 1.62. The second-order valence-electron chi connectivity index (χ2n) is 6.89. The average molecular weight is 301 g/mol. The summed E-state index contributed by atoms with van der Waals surface area (Å²) in [6.07, 6.45) is 3.56. The van der Waals surface area contributed by atoms with Gasteiger partial charge in [0.15, 0.2) is 0 Å². The Hall–Kier alpha value is -2.04. The van der Waals surface area contributed by atoms with Gasteiger partial charge in [-0.1, -0.05) is 0 Å². The number of amides is 1. The summed E-state index contributed by atoms with van der Waals surface area (Å²) in [5.74, 6) is 0.409. The van der Waals surface area contributed by atoms with Gasteiger partial charge < -0.3 is 14.6 Å². The third-order valence-electron chi connectivity index (χ3n) is 4.00. The number of ether oxygens (including phenoxy) is 1. The molecule has 118 valence electrons. The number of pyridine rings is 1. The lowest BCUT2D eigenvalue weighted by atomic mass is 9.93. The van der Waals surface area contributed by atoms with Crippen LogP contribution in [0.4, 0.5) is 4.79 Å². The Kier molecular flexibility index (Phi) is 3.81. The summed E-state index contributed by atoms with van der Waals surface area (Å²) < 4.78 is 5.43. The first-order valence-electron chi connectivity index (χ1n) is 7.84. The highest BCUT2D eigenvalue weighted by molar-refractivity contribution is 5.75. The van der Waals surface area contributed by atoms with E-state index in [2.05, 4.69) is 17.1 Å². The number of nitrogens with zero attached hydrogens (tertiary/aromatic N) is 2. The van der Waals surface area contributed by atoms with E-state index >= 15 is 0 Å². The maximum Gasteiger partial charge on any atom is 0.410 e. The zero-order chi connectivity index (χ0) is 15.7. The molecule has 0 aromatic carbocycles. The first kappa shape index (κ1) is 14.9. The van der Waals surface area contributed by atoms with Crippen LogP contribution in [0.5, 0.6) is 0 Å². The van der Waals surface area contributed by atoms with Gasteiger partial charge in [0.25, 0.3) is 0 Å². The van der Waals surface area contributed by atoms with E-state index in [-0.39, 0.29) is 6.09 Å². The quantitative estimate of drug-likeness (QED) is 0.874. The van der Waals surface area contributed by atoms with Crippen LogP contribution in [-0.2, 0) is 4.74 Å². The van der Waals surface area contributed by atoms with Crippen molar-refractivity contribution in [3.05, 3.63) is 30.1 Å². The van der Waals surface area contributed by atoms with Gasteiger partial charge in [-0.3, -0.25) is 0 Å². The summed E-state index contributed by atoms with van der Waals surface area (Å²) in [4.78, 5) is 21.7. The first-order valence-corrected chi connectivity index (χ1v) is 7.84. The van der Waals surface area contributed by atoms with Crippen LogP contribution in [-0.4, -0.2) is 39.7 Å². The van der Waals surface area contributed by atoms with Crippen LogP contribution in [0.2, 0.25) is 0 Å². The molecule has 0 spiro atoms. The molecule has 0 saturated carbocycles. The van der Waals surface area contributed by atoms with E-state index in [0.29, 0.717) is 5.92 Å². The van der Waals surface area contributed by atoms with Crippen molar-refractivity contribution in [2.75, 3.05) is 13.1 Å². The molecule has 3 heterocycles. The Labute approximate surface area is 130 Å². The standard InChI is InChI=1S/C17H23N3O2/c1-17(2,3)22-16(21)20-10-7-12(8-11-20)14-5-4-13-6-9-18-15(13)19-14/h4-6,9,12H,7-8,10-11H2,1-3H3,(H,18,19). The van der Waals surface area contributed by atoms with Crippen LogP contribution >= 0.6 is 0 Å². The van der Waals surface area contributed by atoms with Gasteiger partial charge >= 0.3 is 6.09 Å². The van der Waals surface area contributed by atoms with Crippen molar-refractivity contribution >= 4 is 17.1 Å². The van der Waals surface area contributed by atoms with Crippen molar-refractivity contribution in [1.29, 1.82) is 0 Å². The molecule has 1 aliphatic heterocycles. The van der Waals surface area contributed by atoms with Crippen LogP contribution in [0.25, 0.3) is 11.0 Å². The molecule has 1 fully saturated rings. The van der Waals surface area contributed by atoms with Crippen molar-refractivity contribution < 1.29 is 9.53 Å². The highest BCUT2D eigenvalue weighted by atomic mass is 16.6. The molecule has 0 atom stereocenters. The van der Waals surface area contributed by atoms with Crippen molar-refractivity contribution in [1.82, 2.24) is 14.9 Å². The van der Waals surface area contributed by atoms with Gasteiger partial charge in [0.05, 0.1) is 0 Å². The molecule has 22 heavy (non-hydrogen) atoms. The summed E-state index contributed by atoms with van der Waals surface area (Å²) in [5.41, 5.74) is 1.61. The van der Waals surface area contributed by atoms with E-state index in [1.54, 1.807) is 4.90 Å². The lowest BCUT2D eigenvalue weighted by molar-refractivity contribution is 0.0204. The molecule has 0 aliphatic carbocycles. The second-order valence-corrected chi connectivity index (χ2v) is 6.89. The molecule has 0 bridgehead atoms. The number of aromatic nitrogens is 2. The van der Waals surface area contributed by atoms with Gasteiger partial charge in [0.2, 0.25) is 0 Å². The number of carbonyl (C=O) groups excluding carboxylic acids is 1. The van der Waals surface area contributed by atoms with Crippen molar-refractivity contribution in [3.8, 4) is 0 Å². The highest BCUT2D eigenvalue weighted by Crippen LogP contribution is 2.28. The van der Waals surface area contributed by atoms with Crippen molar-refractivity contribution in [3.63, 3.8) is 0 Å². The predicted octanol–water partition coefficient (Wildman–Crippen LogP) is 3.68. The normalized spacial score (nSPS) is 17.0. The molecule has 1 amide bonds. The molecule has 1 N–H and O–H groups in total. The van der Waals surface area contributed by atoms with Gasteiger partial charge in [-0.25, -0.2) is 9.78 Å². The number of likely N-dealkylation sites (tertiary alicyclic amines) is 1. The Bertz CT molecular complexity index is 664. The van der Waals surface area contributed by atoms with Crippen LogP contribution in [0.15, 0.2) is 24.4 Å². The third kappa shape index (κ3) is 3.24. The van der Waals surface area contributed by atoms with Gasteiger partial charge in [-0.2, -0.15) is 0 Å². The Morgan fingerprint density at radius 3 is 2.68 bits per heavy atom. The zero-order valence-electron chi connectivity index (χ0n) is 13.4. The summed E-state index contributed by atoms with van der Waals surface area (Å²) in [6.45, 7) is 7.14. The van der Waals surface area contributed by atoms with E-state index < -0.39 is 5.60 Å². The molecule has 2 aromatic rings. The minimum absolute atomic E-state index is 0.210. The molecule has 0 unspecified atom stereocenters. The van der Waals surface area contributed by atoms with Gasteiger partial charge in [-0.15, -0.1) is 0 Å². The minimum atomic E-state index is -0.436. The van der Waals surface area contributed by atoms with E-state index in [0.717, 1.165) is 42.7 Å². The minimum Gasteiger partial charge on any atom is -0.444 e. The van der Waals surface area contributed by atoms with Crippen LogP contribution in [0, 0.1) is 0 Å². The first-order chi connectivity index (χ1) is 10.4. The molecular formula is C17H23N3O2. The Morgan fingerprint density at radius 1 is 1.27 bits per heavy atom. The largest absolute Gasteiger partial charge is 0.444 e. The summed E-state index contributed by atoms with van der Waals surface area (Å²) in [5, 5.41) is 1.13. The van der Waals surface area contributed by atoms with Crippen molar-refractivity contribution in [2.45, 2.75) is 45.1 Å². The van der Waals surface area contributed by atoms with Crippen LogP contribution in [0.3, 0.4) is 0 Å². The van der Waals surface area contributed by atoms with Gasteiger partial charge in [-0.05, 0) is 51.8 Å². The number of aromatic amines is 1. The molecule has 5 nitrogen and oxygen atoms in total. The zero-order valence-corrected chi connectivity index (χ0v) is 13.4. The monoisotopic (exact) mass is 301 g/mol. The topological polar surface area (TPSA) is 58.2 Å². The summed E-state index contributed by atoms with van der Waals surface area (Å²) in [7, 11) is 0. The maximum absolute atomic E-state index is 12.1. The van der Waals surface area contributed by atoms with E-state index in [1.165, 1.54) is 0 Å². The van der Waals surface area contributed by atoms with Crippen LogP contribution < -0.4 is 0 Å². The number of rotatable bonds is 1. The fourth-order valence-electron chi connectivity index (χ4n) is 2.86. The molecular weight excluding hydrogens is 278 g/mol. The Morgan fingerprint density at radius 2 is 2.00 bits per heavy atom. The second kappa shape index (κ2) is 5.63. The maximum atomic E-state index is 12.1. The van der Waals surface area contributed by atoms with Crippen molar-refractivity contribution in [2.24, 2.45) is 0 Å². The molecule has 1 saturated heterocycles. The third-order valence-corrected chi connectivity index (χ3v) is 4.00. The molecule has 0 radical (unpaired) electrons. The lowest BCUT2D eigenvalue weighted by Crippen LogP contribution is -2.41. The molecule has 3 rings (SSSR count). The fourth-order valence-corrected chi connectivity index (χ4v) is 2.86. The number of hydrogen-bond acceptors (Lipinski definition) is 3. The number of piperidine rings is 1. The summed E-state index contributed by atoms with van der Waals surface area (Å²) >= 11 is 0.